The second kappa shape index (κ2) is 5.74. The largest absolute Gasteiger partial charge is 0.321 e. The fraction of sp³-hybridized carbons (Fsp3) is 0. The zero-order valence-electron chi connectivity index (χ0n) is 11.9. The van der Waals surface area contributed by atoms with Crippen LogP contribution in [0.2, 0.25) is 5.02 Å². The molecule has 0 bridgehead atoms. The molecule has 2 aromatic carbocycles. The molecule has 1 heterocycles. The standard InChI is InChI=1S/C15H8ClN3O5/c16-12-7-13-10(6-14(12)19(23)24)11(15(20)17-13)5-8-2-1-3-9(4-8)18(21)22/h1-7H,(H,17,20)/b11-5+. The molecule has 0 spiro atoms. The lowest BCUT2D eigenvalue weighted by molar-refractivity contribution is -0.385. The summed E-state index contributed by atoms with van der Waals surface area (Å²) in [5.41, 5.74) is 0.835. The first-order valence-electron chi connectivity index (χ1n) is 6.62. The lowest BCUT2D eigenvalue weighted by atomic mass is 10.0. The third-order valence-electron chi connectivity index (χ3n) is 3.46. The Morgan fingerprint density at radius 2 is 1.83 bits per heavy atom. The number of nitrogens with zero attached hydrogens (tertiary/aromatic N) is 2. The van der Waals surface area contributed by atoms with E-state index in [1.54, 1.807) is 6.07 Å². The summed E-state index contributed by atoms with van der Waals surface area (Å²) < 4.78 is 0. The number of hydrogen-bond acceptors (Lipinski definition) is 5. The van der Waals surface area contributed by atoms with Crippen molar-refractivity contribution < 1.29 is 14.6 Å². The van der Waals surface area contributed by atoms with Crippen LogP contribution in [0, 0.1) is 20.2 Å². The molecule has 0 saturated carbocycles. The topological polar surface area (TPSA) is 115 Å². The quantitative estimate of drug-likeness (QED) is 0.518. The summed E-state index contributed by atoms with van der Waals surface area (Å²) in [6.45, 7) is 0. The Balaban J connectivity index is 2.12. The number of nitro benzene ring substituents is 2. The number of nitrogens with one attached hydrogen (secondary N) is 1. The number of fused-ring (bicyclic) bond motifs is 1. The van der Waals surface area contributed by atoms with Crippen LogP contribution in [0.15, 0.2) is 36.4 Å². The molecular weight excluding hydrogens is 338 g/mol. The van der Waals surface area contributed by atoms with E-state index in [2.05, 4.69) is 5.32 Å². The lowest BCUT2D eigenvalue weighted by Crippen LogP contribution is -2.03. The van der Waals surface area contributed by atoms with Crippen LogP contribution in [0.1, 0.15) is 11.1 Å². The van der Waals surface area contributed by atoms with Crippen molar-refractivity contribution in [1.29, 1.82) is 0 Å². The van der Waals surface area contributed by atoms with Gasteiger partial charge < -0.3 is 5.32 Å². The predicted octanol–water partition coefficient (Wildman–Crippen LogP) is 3.65. The van der Waals surface area contributed by atoms with E-state index >= 15 is 0 Å². The number of halogens is 1. The van der Waals surface area contributed by atoms with E-state index in [9.17, 15) is 25.0 Å². The van der Waals surface area contributed by atoms with Gasteiger partial charge in [-0.2, -0.15) is 0 Å². The van der Waals surface area contributed by atoms with Gasteiger partial charge in [-0.25, -0.2) is 0 Å². The van der Waals surface area contributed by atoms with E-state index in [4.69, 9.17) is 11.6 Å². The molecule has 2 aromatic rings. The maximum atomic E-state index is 12.1. The summed E-state index contributed by atoms with van der Waals surface area (Å²) in [4.78, 5) is 32.8. The van der Waals surface area contributed by atoms with E-state index in [1.807, 2.05) is 0 Å². The van der Waals surface area contributed by atoms with Crippen LogP contribution in [0.3, 0.4) is 0 Å². The lowest BCUT2D eigenvalue weighted by Gasteiger charge is -2.01. The monoisotopic (exact) mass is 345 g/mol. The molecule has 0 saturated heterocycles. The van der Waals surface area contributed by atoms with Gasteiger partial charge in [0.2, 0.25) is 0 Å². The van der Waals surface area contributed by atoms with Crippen LogP contribution in [-0.4, -0.2) is 15.8 Å². The molecule has 120 valence electrons. The average molecular weight is 346 g/mol. The van der Waals surface area contributed by atoms with E-state index in [1.165, 1.54) is 36.4 Å². The van der Waals surface area contributed by atoms with Gasteiger partial charge in [-0.05, 0) is 17.7 Å². The molecule has 0 atom stereocenters. The predicted molar refractivity (Wildman–Crippen MR) is 87.7 cm³/mol. The zero-order valence-corrected chi connectivity index (χ0v) is 12.6. The number of nitro groups is 2. The minimum absolute atomic E-state index is 0.0874. The molecule has 24 heavy (non-hydrogen) atoms. The molecule has 0 fully saturated rings. The SMILES string of the molecule is O=C1Nc2cc(Cl)c([N+](=O)[O-])cc2/C1=C\c1cccc([N+](=O)[O-])c1. The van der Waals surface area contributed by atoms with Gasteiger partial charge >= 0.3 is 0 Å². The van der Waals surface area contributed by atoms with Gasteiger partial charge in [0.1, 0.15) is 5.02 Å². The first-order chi connectivity index (χ1) is 11.4. The van der Waals surface area contributed by atoms with Crippen LogP contribution < -0.4 is 5.32 Å². The Labute approximate surface area is 139 Å². The highest BCUT2D eigenvalue weighted by atomic mass is 35.5. The molecule has 0 aromatic heterocycles. The number of non-ortho nitro benzene ring substituents is 1. The third-order valence-corrected chi connectivity index (χ3v) is 3.76. The fourth-order valence-electron chi connectivity index (χ4n) is 2.38. The zero-order chi connectivity index (χ0) is 17.4. The van der Waals surface area contributed by atoms with Crippen LogP contribution in [0.25, 0.3) is 11.6 Å². The molecule has 8 nitrogen and oxygen atoms in total. The normalized spacial score (nSPS) is 14.4. The summed E-state index contributed by atoms with van der Waals surface area (Å²) in [5.74, 6) is -0.465. The number of anilines is 1. The smallest absolute Gasteiger partial charge is 0.288 e. The van der Waals surface area contributed by atoms with Crippen molar-refractivity contribution in [1.82, 2.24) is 0 Å². The molecule has 9 heteroatoms. The second-order valence-corrected chi connectivity index (χ2v) is 5.38. The van der Waals surface area contributed by atoms with E-state index < -0.39 is 15.8 Å². The van der Waals surface area contributed by atoms with Crippen molar-refractivity contribution in [3.8, 4) is 0 Å². The fourth-order valence-corrected chi connectivity index (χ4v) is 2.61. The molecule has 0 radical (unpaired) electrons. The van der Waals surface area contributed by atoms with Gasteiger partial charge in [-0.3, -0.25) is 25.0 Å². The van der Waals surface area contributed by atoms with Crippen molar-refractivity contribution in [3.05, 3.63) is 72.8 Å². The summed E-state index contributed by atoms with van der Waals surface area (Å²) >= 11 is 5.83. The van der Waals surface area contributed by atoms with Gasteiger partial charge in [0.15, 0.2) is 0 Å². The minimum Gasteiger partial charge on any atom is -0.321 e. The highest BCUT2D eigenvalue weighted by Gasteiger charge is 2.28. The summed E-state index contributed by atoms with van der Waals surface area (Å²) in [5, 5.41) is 24.3. The molecule has 3 rings (SSSR count). The first kappa shape index (κ1) is 15.6. The molecule has 1 amide bonds. The minimum atomic E-state index is -0.642. The van der Waals surface area contributed by atoms with Crippen LogP contribution >= 0.6 is 11.6 Å². The summed E-state index contributed by atoms with van der Waals surface area (Å²) in [6.07, 6.45) is 1.44. The Morgan fingerprint density at radius 1 is 1.08 bits per heavy atom. The average Bonchev–Trinajstić information content (AvgIpc) is 2.81. The van der Waals surface area contributed by atoms with Crippen molar-refractivity contribution in [2.24, 2.45) is 0 Å². The van der Waals surface area contributed by atoms with E-state index in [0.29, 0.717) is 16.8 Å². The Morgan fingerprint density at radius 3 is 2.50 bits per heavy atom. The summed E-state index contributed by atoms with van der Waals surface area (Å²) in [7, 11) is 0. The number of amides is 1. The maximum Gasteiger partial charge on any atom is 0.288 e. The number of hydrogen-bond donors (Lipinski definition) is 1. The van der Waals surface area contributed by atoms with Gasteiger partial charge in [0.05, 0.1) is 15.5 Å². The molecule has 0 aliphatic carbocycles. The van der Waals surface area contributed by atoms with Gasteiger partial charge in [-0.1, -0.05) is 23.7 Å². The molecule has 1 N–H and O–H groups in total. The van der Waals surface area contributed by atoms with Crippen LogP contribution in [0.4, 0.5) is 17.1 Å². The van der Waals surface area contributed by atoms with Crippen molar-refractivity contribution in [2.75, 3.05) is 5.32 Å². The van der Waals surface area contributed by atoms with Crippen molar-refractivity contribution >= 4 is 46.2 Å². The van der Waals surface area contributed by atoms with Gasteiger partial charge in [0.25, 0.3) is 17.3 Å². The Hall–Kier alpha value is -3.26. The molecule has 1 aliphatic rings. The Kier molecular flexibility index (Phi) is 3.74. The number of benzene rings is 2. The molecular formula is C15H8ClN3O5. The van der Waals surface area contributed by atoms with Crippen LogP contribution in [0.5, 0.6) is 0 Å². The highest BCUT2D eigenvalue weighted by Crippen LogP contribution is 2.39. The van der Waals surface area contributed by atoms with E-state index in [-0.39, 0.29) is 22.0 Å². The summed E-state index contributed by atoms with van der Waals surface area (Å²) in [6, 6.07) is 8.23. The molecule has 0 unspecified atom stereocenters. The van der Waals surface area contributed by atoms with Gasteiger partial charge in [-0.15, -0.1) is 0 Å². The van der Waals surface area contributed by atoms with Crippen molar-refractivity contribution in [3.63, 3.8) is 0 Å². The maximum absolute atomic E-state index is 12.1. The number of carbonyl (C=O) groups excluding carboxylic acids is 1. The molecule has 1 aliphatic heterocycles. The van der Waals surface area contributed by atoms with Crippen LogP contribution in [-0.2, 0) is 4.79 Å². The third kappa shape index (κ3) is 2.70. The highest BCUT2D eigenvalue weighted by molar-refractivity contribution is 6.37. The van der Waals surface area contributed by atoms with E-state index in [0.717, 1.165) is 0 Å². The second-order valence-electron chi connectivity index (χ2n) is 4.97. The van der Waals surface area contributed by atoms with Crippen molar-refractivity contribution in [2.45, 2.75) is 0 Å². The number of rotatable bonds is 3. The Bertz CT molecular complexity index is 939. The van der Waals surface area contributed by atoms with Gasteiger partial charge in [0, 0.05) is 29.3 Å². The first-order valence-corrected chi connectivity index (χ1v) is 7.00. The number of carbonyl (C=O) groups is 1.